The zero-order valence-electron chi connectivity index (χ0n) is 7.61. The molecule has 2 heterocycles. The molecule has 0 saturated carbocycles. The smallest absolute Gasteiger partial charge is 0.104 e. The van der Waals surface area contributed by atoms with Gasteiger partial charge in [-0.3, -0.25) is 0 Å². The molecule has 2 saturated heterocycles. The van der Waals surface area contributed by atoms with Crippen LogP contribution < -0.4 is 0 Å². The summed E-state index contributed by atoms with van der Waals surface area (Å²) in [4.78, 5) is 0. The number of ether oxygens (including phenoxy) is 4. The van der Waals surface area contributed by atoms with Crippen molar-refractivity contribution in [2.45, 2.75) is 18.6 Å². The minimum absolute atomic E-state index is 0.344. The van der Waals surface area contributed by atoms with Gasteiger partial charge in [-0.2, -0.15) is 0 Å². The second kappa shape index (κ2) is 4.91. The molecular formula is C9H15O4. The van der Waals surface area contributed by atoms with Gasteiger partial charge >= 0.3 is 0 Å². The molecule has 2 fully saturated rings. The Hall–Kier alpha value is -0.160. The molecule has 0 spiro atoms. The Labute approximate surface area is 78.1 Å². The van der Waals surface area contributed by atoms with E-state index in [1.54, 1.807) is 6.61 Å². The molecule has 2 aliphatic heterocycles. The molecule has 0 aromatic carbocycles. The van der Waals surface area contributed by atoms with Gasteiger partial charge in [-0.1, -0.05) is 0 Å². The zero-order valence-corrected chi connectivity index (χ0v) is 7.61. The van der Waals surface area contributed by atoms with Crippen LogP contribution in [0.15, 0.2) is 0 Å². The second-order valence-electron chi connectivity index (χ2n) is 3.27. The lowest BCUT2D eigenvalue weighted by Gasteiger charge is -2.02. The van der Waals surface area contributed by atoms with Crippen LogP contribution in [0.2, 0.25) is 0 Å². The lowest BCUT2D eigenvalue weighted by atomic mass is 10.4. The Morgan fingerprint density at radius 1 is 1.15 bits per heavy atom. The normalized spacial score (nSPS) is 30.5. The third-order valence-corrected chi connectivity index (χ3v) is 1.89. The first-order chi connectivity index (χ1) is 6.45. The van der Waals surface area contributed by atoms with Gasteiger partial charge in [0.2, 0.25) is 0 Å². The minimum atomic E-state index is 0.344. The molecule has 0 aromatic heterocycles. The summed E-state index contributed by atoms with van der Waals surface area (Å²) < 4.78 is 20.5. The number of rotatable bonds is 8. The monoisotopic (exact) mass is 187 g/mol. The predicted octanol–water partition coefficient (Wildman–Crippen LogP) is 0.369. The van der Waals surface area contributed by atoms with E-state index >= 15 is 0 Å². The molecule has 0 aliphatic carbocycles. The van der Waals surface area contributed by atoms with E-state index in [-0.39, 0.29) is 0 Å². The van der Waals surface area contributed by atoms with Crippen LogP contribution in [0, 0.1) is 6.61 Å². The fourth-order valence-electron chi connectivity index (χ4n) is 0.933. The van der Waals surface area contributed by atoms with Gasteiger partial charge in [-0.15, -0.1) is 0 Å². The van der Waals surface area contributed by atoms with Crippen LogP contribution in [0.1, 0.15) is 6.42 Å². The third kappa shape index (κ3) is 4.57. The summed E-state index contributed by atoms with van der Waals surface area (Å²) in [7, 11) is 0. The van der Waals surface area contributed by atoms with Gasteiger partial charge in [0.15, 0.2) is 0 Å². The summed E-state index contributed by atoms with van der Waals surface area (Å²) in [6, 6.07) is 0. The first-order valence-electron chi connectivity index (χ1n) is 4.69. The summed E-state index contributed by atoms with van der Waals surface area (Å²) in [6.07, 6.45) is 1.54. The van der Waals surface area contributed by atoms with Crippen molar-refractivity contribution in [1.29, 1.82) is 0 Å². The lowest BCUT2D eigenvalue weighted by molar-refractivity contribution is 0.0967. The summed E-state index contributed by atoms with van der Waals surface area (Å²) in [5.74, 6) is 0. The van der Waals surface area contributed by atoms with Crippen molar-refractivity contribution in [3.63, 3.8) is 0 Å². The zero-order chi connectivity index (χ0) is 8.93. The van der Waals surface area contributed by atoms with Crippen molar-refractivity contribution in [1.82, 2.24) is 0 Å². The van der Waals surface area contributed by atoms with Crippen LogP contribution in [0.25, 0.3) is 0 Å². The fraction of sp³-hybridized carbons (Fsp3) is 0.889. The lowest BCUT2D eigenvalue weighted by Crippen LogP contribution is -2.05. The molecule has 75 valence electrons. The minimum Gasteiger partial charge on any atom is -0.379 e. The molecule has 2 rings (SSSR count). The molecule has 2 aliphatic rings. The van der Waals surface area contributed by atoms with E-state index in [1.807, 2.05) is 0 Å². The second-order valence-corrected chi connectivity index (χ2v) is 3.27. The molecule has 0 bridgehead atoms. The molecular weight excluding hydrogens is 172 g/mol. The van der Waals surface area contributed by atoms with Gasteiger partial charge < -0.3 is 18.9 Å². The maximum atomic E-state index is 5.31. The average Bonchev–Trinajstić information content (AvgIpc) is 2.99. The van der Waals surface area contributed by atoms with Crippen molar-refractivity contribution in [2.75, 3.05) is 33.0 Å². The highest BCUT2D eigenvalue weighted by atomic mass is 16.6. The van der Waals surface area contributed by atoms with Crippen LogP contribution in [-0.4, -0.2) is 45.2 Å². The summed E-state index contributed by atoms with van der Waals surface area (Å²) in [5, 5.41) is 0. The SMILES string of the molecule is [CH](CCOCC1CO1)OCC1CO1. The molecule has 4 heteroatoms. The van der Waals surface area contributed by atoms with Gasteiger partial charge in [0.25, 0.3) is 0 Å². The Kier molecular flexibility index (Phi) is 3.55. The van der Waals surface area contributed by atoms with Crippen LogP contribution in [0.5, 0.6) is 0 Å². The highest BCUT2D eigenvalue weighted by molar-refractivity contribution is 4.69. The third-order valence-electron chi connectivity index (χ3n) is 1.89. The molecule has 2 atom stereocenters. The largest absolute Gasteiger partial charge is 0.379 e. The average molecular weight is 187 g/mol. The Bertz CT molecular complexity index is 127. The van der Waals surface area contributed by atoms with Crippen LogP contribution in [-0.2, 0) is 18.9 Å². The van der Waals surface area contributed by atoms with E-state index in [4.69, 9.17) is 18.9 Å². The molecule has 2 unspecified atom stereocenters. The highest BCUT2D eigenvalue weighted by Gasteiger charge is 2.23. The van der Waals surface area contributed by atoms with E-state index in [0.717, 1.165) is 26.2 Å². The van der Waals surface area contributed by atoms with Gasteiger partial charge in [-0.05, 0) is 6.42 Å². The van der Waals surface area contributed by atoms with Gasteiger partial charge in [0.1, 0.15) is 12.2 Å². The first-order valence-corrected chi connectivity index (χ1v) is 4.69. The molecule has 1 radical (unpaired) electrons. The standard InChI is InChI=1S/C9H15O4/c1(2-10-4-8-6-12-8)3-11-5-9-7-13-9/h2,8-9H,1,3-7H2. The Morgan fingerprint density at radius 3 is 2.54 bits per heavy atom. The van der Waals surface area contributed by atoms with Crippen molar-refractivity contribution in [3.05, 3.63) is 6.61 Å². The van der Waals surface area contributed by atoms with Crippen molar-refractivity contribution < 1.29 is 18.9 Å². The quantitative estimate of drug-likeness (QED) is 0.407. The molecule has 0 aromatic rings. The summed E-state index contributed by atoms with van der Waals surface area (Å²) in [5.41, 5.74) is 0. The highest BCUT2D eigenvalue weighted by Crippen LogP contribution is 2.10. The van der Waals surface area contributed by atoms with Gasteiger partial charge in [0.05, 0.1) is 33.0 Å². The fourth-order valence-corrected chi connectivity index (χ4v) is 0.933. The van der Waals surface area contributed by atoms with E-state index in [9.17, 15) is 0 Å². The number of epoxide rings is 2. The first kappa shape index (κ1) is 9.40. The van der Waals surface area contributed by atoms with Crippen LogP contribution in [0.3, 0.4) is 0 Å². The number of hydrogen-bond donors (Lipinski definition) is 0. The van der Waals surface area contributed by atoms with E-state index < -0.39 is 0 Å². The molecule has 0 amide bonds. The van der Waals surface area contributed by atoms with E-state index in [2.05, 4.69) is 0 Å². The Morgan fingerprint density at radius 2 is 1.85 bits per heavy atom. The Balaban J connectivity index is 1.28. The van der Waals surface area contributed by atoms with Gasteiger partial charge in [0, 0.05) is 6.61 Å². The van der Waals surface area contributed by atoms with E-state index in [0.29, 0.717) is 25.4 Å². The molecule has 0 N–H and O–H groups in total. The van der Waals surface area contributed by atoms with Crippen molar-refractivity contribution in [2.24, 2.45) is 0 Å². The van der Waals surface area contributed by atoms with Gasteiger partial charge in [-0.25, -0.2) is 0 Å². The predicted molar refractivity (Wildman–Crippen MR) is 45.2 cm³/mol. The maximum Gasteiger partial charge on any atom is 0.104 e. The van der Waals surface area contributed by atoms with Crippen molar-refractivity contribution >= 4 is 0 Å². The molecule has 13 heavy (non-hydrogen) atoms. The van der Waals surface area contributed by atoms with Crippen molar-refractivity contribution in [3.8, 4) is 0 Å². The number of hydrogen-bond acceptors (Lipinski definition) is 4. The molecule has 4 nitrogen and oxygen atoms in total. The summed E-state index contributed by atoms with van der Waals surface area (Å²) >= 11 is 0. The maximum absolute atomic E-state index is 5.31. The van der Waals surface area contributed by atoms with Crippen LogP contribution in [0.4, 0.5) is 0 Å². The summed E-state index contributed by atoms with van der Waals surface area (Å²) in [6.45, 7) is 5.62. The topological polar surface area (TPSA) is 43.5 Å². The van der Waals surface area contributed by atoms with E-state index in [1.165, 1.54) is 0 Å². The van der Waals surface area contributed by atoms with Crippen LogP contribution >= 0.6 is 0 Å².